The van der Waals surface area contributed by atoms with Crippen LogP contribution in [-0.4, -0.2) is 41.1 Å². The number of hydrogen-bond acceptors (Lipinski definition) is 6. The highest BCUT2D eigenvalue weighted by molar-refractivity contribution is 5.31. The molecule has 0 radical (unpaired) electrons. The van der Waals surface area contributed by atoms with Gasteiger partial charge in [-0.05, 0) is 6.54 Å². The van der Waals surface area contributed by atoms with Crippen LogP contribution >= 0.6 is 0 Å². The first-order chi connectivity index (χ1) is 7.83. The molecule has 0 saturated carbocycles. The lowest BCUT2D eigenvalue weighted by Gasteiger charge is -2.31. The Bertz CT molecular complexity index is 346. The lowest BCUT2D eigenvalue weighted by Crippen LogP contribution is -2.38. The molecule has 16 heavy (non-hydrogen) atoms. The topological polar surface area (TPSA) is 76.3 Å². The van der Waals surface area contributed by atoms with Gasteiger partial charge in [-0.3, -0.25) is 4.90 Å². The Balaban J connectivity index is 2.10. The van der Waals surface area contributed by atoms with Gasteiger partial charge >= 0.3 is 0 Å². The molecule has 2 rings (SSSR count). The van der Waals surface area contributed by atoms with Gasteiger partial charge in [-0.1, -0.05) is 6.92 Å². The maximum absolute atomic E-state index is 5.66. The molecule has 0 aliphatic carbocycles. The van der Waals surface area contributed by atoms with Crippen LogP contribution in [0.15, 0.2) is 12.3 Å². The molecule has 1 aromatic heterocycles. The number of nitrogens with two attached hydrogens (primary N) is 1. The predicted molar refractivity (Wildman–Crippen MR) is 60.6 cm³/mol. The van der Waals surface area contributed by atoms with Gasteiger partial charge in [0.05, 0.1) is 6.61 Å². The largest absolute Gasteiger partial charge is 0.368 e. The minimum atomic E-state index is -0.0537. The highest BCUT2D eigenvalue weighted by Gasteiger charge is 2.23. The number of hydrogen-bond donors (Lipinski definition) is 2. The summed E-state index contributed by atoms with van der Waals surface area (Å²) in [6.45, 7) is 5.70. The Morgan fingerprint density at radius 2 is 2.56 bits per heavy atom. The number of aromatic nitrogens is 2. The third-order valence-electron chi connectivity index (χ3n) is 2.71. The van der Waals surface area contributed by atoms with E-state index >= 15 is 0 Å². The van der Waals surface area contributed by atoms with Gasteiger partial charge < -0.3 is 10.2 Å². The van der Waals surface area contributed by atoms with Gasteiger partial charge in [0, 0.05) is 25.4 Å². The zero-order valence-corrected chi connectivity index (χ0v) is 9.39. The van der Waals surface area contributed by atoms with Crippen molar-refractivity contribution in [1.29, 1.82) is 0 Å². The number of rotatable bonds is 3. The minimum Gasteiger partial charge on any atom is -0.368 e. The van der Waals surface area contributed by atoms with Crippen molar-refractivity contribution in [2.45, 2.75) is 13.0 Å². The van der Waals surface area contributed by atoms with E-state index in [4.69, 9.17) is 10.6 Å². The molecule has 1 unspecified atom stereocenters. The van der Waals surface area contributed by atoms with Crippen LogP contribution in [0, 0.1) is 0 Å². The number of hydrazine groups is 1. The van der Waals surface area contributed by atoms with Gasteiger partial charge in [0.2, 0.25) is 0 Å². The van der Waals surface area contributed by atoms with Crippen molar-refractivity contribution in [1.82, 2.24) is 14.9 Å². The summed E-state index contributed by atoms with van der Waals surface area (Å²) < 4.78 is 5.66. The summed E-state index contributed by atoms with van der Waals surface area (Å²) in [5.74, 6) is 6.61. The van der Waals surface area contributed by atoms with E-state index in [1.807, 2.05) is 0 Å². The summed E-state index contributed by atoms with van der Waals surface area (Å²) in [5, 5.41) is 0. The van der Waals surface area contributed by atoms with Crippen LogP contribution in [0.5, 0.6) is 0 Å². The molecular weight excluding hydrogens is 206 g/mol. The second-order valence-corrected chi connectivity index (χ2v) is 3.70. The highest BCUT2D eigenvalue weighted by Crippen LogP contribution is 2.19. The number of nitrogens with one attached hydrogen (secondary N) is 1. The van der Waals surface area contributed by atoms with E-state index in [0.29, 0.717) is 11.6 Å². The fraction of sp³-hybridized carbons (Fsp3) is 0.600. The second kappa shape index (κ2) is 5.20. The quantitative estimate of drug-likeness (QED) is 0.561. The predicted octanol–water partition coefficient (Wildman–Crippen LogP) is 0.155. The number of anilines is 1. The molecule has 0 spiro atoms. The summed E-state index contributed by atoms with van der Waals surface area (Å²) >= 11 is 0. The Morgan fingerprint density at radius 1 is 1.69 bits per heavy atom. The molecule has 6 heteroatoms. The molecule has 1 atom stereocenters. The smallest absolute Gasteiger partial charge is 0.160 e. The zero-order valence-electron chi connectivity index (χ0n) is 9.39. The van der Waals surface area contributed by atoms with Crippen molar-refractivity contribution in [2.75, 3.05) is 31.7 Å². The number of nitrogens with zero attached hydrogens (tertiary/aromatic N) is 3. The lowest BCUT2D eigenvalue weighted by molar-refractivity contribution is -0.0325. The van der Waals surface area contributed by atoms with Gasteiger partial charge in [-0.2, -0.15) is 0 Å². The van der Waals surface area contributed by atoms with E-state index in [-0.39, 0.29) is 6.10 Å². The molecule has 88 valence electrons. The molecule has 0 aromatic carbocycles. The summed E-state index contributed by atoms with van der Waals surface area (Å²) in [7, 11) is 0. The van der Waals surface area contributed by atoms with Crippen LogP contribution in [0.2, 0.25) is 0 Å². The molecule has 3 N–H and O–H groups in total. The van der Waals surface area contributed by atoms with Crippen molar-refractivity contribution in [3.63, 3.8) is 0 Å². The molecular formula is C10H17N5O. The molecule has 1 aromatic rings. The first kappa shape index (κ1) is 11.3. The van der Waals surface area contributed by atoms with E-state index in [2.05, 4.69) is 27.2 Å². The van der Waals surface area contributed by atoms with E-state index in [1.165, 1.54) is 0 Å². The normalized spacial score (nSPS) is 22.0. The van der Waals surface area contributed by atoms with Crippen molar-refractivity contribution >= 4 is 5.82 Å². The molecule has 1 aliphatic rings. The Morgan fingerprint density at radius 3 is 3.31 bits per heavy atom. The lowest BCUT2D eigenvalue weighted by atomic mass is 10.2. The van der Waals surface area contributed by atoms with E-state index in [9.17, 15) is 0 Å². The molecule has 1 fully saturated rings. The minimum absolute atomic E-state index is 0.0537. The number of ether oxygens (including phenoxy) is 1. The van der Waals surface area contributed by atoms with Gasteiger partial charge in [-0.15, -0.1) is 0 Å². The van der Waals surface area contributed by atoms with Gasteiger partial charge in [0.25, 0.3) is 0 Å². The third-order valence-corrected chi connectivity index (χ3v) is 2.71. The first-order valence-corrected chi connectivity index (χ1v) is 5.47. The molecule has 0 amide bonds. The molecule has 1 saturated heterocycles. The third kappa shape index (κ3) is 2.46. The van der Waals surface area contributed by atoms with Gasteiger partial charge in [-0.25, -0.2) is 15.8 Å². The molecule has 0 bridgehead atoms. The maximum atomic E-state index is 5.66. The Hall–Kier alpha value is -1.24. The number of likely N-dealkylation sites (N-methyl/N-ethyl adjacent to an activating group) is 1. The zero-order chi connectivity index (χ0) is 11.4. The van der Waals surface area contributed by atoms with Crippen LogP contribution in [0.4, 0.5) is 5.82 Å². The molecule has 6 nitrogen and oxygen atoms in total. The average Bonchev–Trinajstić information content (AvgIpc) is 2.39. The summed E-state index contributed by atoms with van der Waals surface area (Å²) in [6.07, 6.45) is 1.63. The van der Waals surface area contributed by atoms with Crippen LogP contribution < -0.4 is 11.3 Å². The van der Waals surface area contributed by atoms with Crippen molar-refractivity contribution in [3.8, 4) is 0 Å². The monoisotopic (exact) mass is 223 g/mol. The average molecular weight is 223 g/mol. The van der Waals surface area contributed by atoms with Gasteiger partial charge in [0.15, 0.2) is 5.82 Å². The van der Waals surface area contributed by atoms with Crippen LogP contribution in [0.25, 0.3) is 0 Å². The summed E-state index contributed by atoms with van der Waals surface area (Å²) in [4.78, 5) is 10.8. The maximum Gasteiger partial charge on any atom is 0.160 e. The molecule has 1 aliphatic heterocycles. The van der Waals surface area contributed by atoms with Gasteiger partial charge in [0.1, 0.15) is 11.9 Å². The summed E-state index contributed by atoms with van der Waals surface area (Å²) in [5.41, 5.74) is 2.51. The fourth-order valence-electron chi connectivity index (χ4n) is 1.76. The van der Waals surface area contributed by atoms with Crippen molar-refractivity contribution in [3.05, 3.63) is 18.1 Å². The second-order valence-electron chi connectivity index (χ2n) is 3.70. The fourth-order valence-corrected chi connectivity index (χ4v) is 1.76. The Labute approximate surface area is 94.8 Å². The van der Waals surface area contributed by atoms with Crippen LogP contribution in [-0.2, 0) is 4.74 Å². The van der Waals surface area contributed by atoms with Crippen LogP contribution in [0.3, 0.4) is 0 Å². The van der Waals surface area contributed by atoms with Crippen LogP contribution in [0.1, 0.15) is 18.9 Å². The number of morpholine rings is 1. The van der Waals surface area contributed by atoms with E-state index in [1.54, 1.807) is 12.3 Å². The number of nitrogen functional groups attached to an aromatic ring is 1. The van der Waals surface area contributed by atoms with Crippen molar-refractivity contribution < 1.29 is 4.74 Å². The van der Waals surface area contributed by atoms with E-state index in [0.717, 1.165) is 26.2 Å². The van der Waals surface area contributed by atoms with E-state index < -0.39 is 0 Å². The standard InChI is InChI=1S/C10H17N5O/c1-2-15-5-6-16-8(7-15)10-12-4-3-9(13-10)14-11/h3-4,8H,2,5-7,11H2,1H3,(H,12,13,14). The Kier molecular flexibility index (Phi) is 3.66. The summed E-state index contributed by atoms with van der Waals surface area (Å²) in [6, 6.07) is 1.73. The highest BCUT2D eigenvalue weighted by atomic mass is 16.5. The van der Waals surface area contributed by atoms with Crippen molar-refractivity contribution in [2.24, 2.45) is 5.84 Å². The SMILES string of the molecule is CCN1CCOC(c2nccc(NN)n2)C1. The first-order valence-electron chi connectivity index (χ1n) is 5.47. The molecule has 2 heterocycles.